The molecule has 0 amide bonds. The average molecular weight is 307 g/mol. The summed E-state index contributed by atoms with van der Waals surface area (Å²) in [7, 11) is -4.24. The molecule has 0 N–H and O–H groups in total. The zero-order valence-corrected chi connectivity index (χ0v) is 11.6. The Bertz CT molecular complexity index is 756. The van der Waals surface area contributed by atoms with E-state index >= 15 is 0 Å². The second kappa shape index (κ2) is 4.57. The van der Waals surface area contributed by atoms with E-state index in [-0.39, 0.29) is 10.7 Å². The van der Waals surface area contributed by atoms with E-state index in [4.69, 9.17) is 11.6 Å². The first-order chi connectivity index (χ1) is 8.75. The van der Waals surface area contributed by atoms with Crippen molar-refractivity contribution >= 4 is 21.6 Å². The quantitative estimate of drug-likeness (QED) is 0.857. The number of halogens is 3. The minimum Gasteiger partial charge on any atom is -0.207 e. The summed E-state index contributed by atoms with van der Waals surface area (Å²) in [5.41, 5.74) is 0.480. The Balaban J connectivity index is 2.69. The standard InChI is InChI=1S/C11H9ClF2N2O2S/c1-6-11(12)7(2)16(15-6)19(17,18)10-4-3-8(13)5-9(10)14/h3-5H,1-2H3. The molecule has 0 radical (unpaired) electrons. The van der Waals surface area contributed by atoms with Gasteiger partial charge in [0, 0.05) is 6.07 Å². The lowest BCUT2D eigenvalue weighted by molar-refractivity contribution is 0.541. The molecule has 0 atom stereocenters. The molecule has 0 aliphatic heterocycles. The first-order valence-corrected chi connectivity index (χ1v) is 6.99. The van der Waals surface area contributed by atoms with E-state index in [1.54, 1.807) is 0 Å². The number of nitrogens with zero attached hydrogens (tertiary/aromatic N) is 2. The highest BCUT2D eigenvalue weighted by Gasteiger charge is 2.26. The maximum Gasteiger partial charge on any atom is 0.286 e. The molecule has 0 bridgehead atoms. The highest BCUT2D eigenvalue weighted by Crippen LogP contribution is 2.25. The third-order valence-corrected chi connectivity index (χ3v) is 4.81. The van der Waals surface area contributed by atoms with Gasteiger partial charge in [-0.3, -0.25) is 0 Å². The van der Waals surface area contributed by atoms with Crippen molar-refractivity contribution in [1.82, 2.24) is 9.19 Å². The van der Waals surface area contributed by atoms with E-state index in [2.05, 4.69) is 5.10 Å². The molecule has 2 rings (SSSR count). The van der Waals surface area contributed by atoms with Crippen molar-refractivity contribution in [2.45, 2.75) is 18.7 Å². The third-order valence-electron chi connectivity index (χ3n) is 2.56. The lowest BCUT2D eigenvalue weighted by Gasteiger charge is -2.07. The molecule has 0 unspecified atom stereocenters. The Morgan fingerprint density at radius 2 is 1.89 bits per heavy atom. The van der Waals surface area contributed by atoms with E-state index in [1.165, 1.54) is 13.8 Å². The molecule has 0 saturated carbocycles. The van der Waals surface area contributed by atoms with Crippen LogP contribution in [0.15, 0.2) is 23.1 Å². The summed E-state index contributed by atoms with van der Waals surface area (Å²) < 4.78 is 51.5. The van der Waals surface area contributed by atoms with Crippen LogP contribution >= 0.6 is 11.6 Å². The normalized spacial score (nSPS) is 11.8. The molecule has 0 saturated heterocycles. The number of aromatic nitrogens is 2. The molecule has 4 nitrogen and oxygen atoms in total. The summed E-state index contributed by atoms with van der Waals surface area (Å²) >= 11 is 5.86. The number of rotatable bonds is 2. The summed E-state index contributed by atoms with van der Waals surface area (Å²) in [5.74, 6) is -2.04. The third kappa shape index (κ3) is 2.23. The SMILES string of the molecule is Cc1nn(S(=O)(=O)c2ccc(F)cc2F)c(C)c1Cl. The number of aryl methyl sites for hydroxylation is 1. The number of benzene rings is 1. The van der Waals surface area contributed by atoms with Crippen LogP contribution in [-0.2, 0) is 10.0 Å². The molecule has 0 fully saturated rings. The Hall–Kier alpha value is -1.47. The van der Waals surface area contributed by atoms with Crippen LogP contribution in [0.3, 0.4) is 0 Å². The van der Waals surface area contributed by atoms with Gasteiger partial charge in [-0.2, -0.15) is 17.6 Å². The van der Waals surface area contributed by atoms with Gasteiger partial charge < -0.3 is 0 Å². The van der Waals surface area contributed by atoms with Crippen molar-refractivity contribution in [2.24, 2.45) is 0 Å². The summed E-state index contributed by atoms with van der Waals surface area (Å²) in [6.07, 6.45) is 0. The summed E-state index contributed by atoms with van der Waals surface area (Å²) in [5, 5.41) is 3.94. The average Bonchev–Trinajstić information content (AvgIpc) is 2.57. The van der Waals surface area contributed by atoms with Crippen molar-refractivity contribution in [3.05, 3.63) is 46.2 Å². The van der Waals surface area contributed by atoms with Crippen molar-refractivity contribution in [3.8, 4) is 0 Å². The van der Waals surface area contributed by atoms with Gasteiger partial charge in [-0.25, -0.2) is 8.78 Å². The summed E-state index contributed by atoms with van der Waals surface area (Å²) in [6, 6.07) is 2.22. The van der Waals surface area contributed by atoms with E-state index in [1.807, 2.05) is 0 Å². The second-order valence-electron chi connectivity index (χ2n) is 3.91. The first kappa shape index (κ1) is 14.0. The molecule has 1 aromatic heterocycles. The molecule has 0 spiro atoms. The van der Waals surface area contributed by atoms with Crippen molar-refractivity contribution in [3.63, 3.8) is 0 Å². The summed E-state index contributed by atoms with van der Waals surface area (Å²) in [6.45, 7) is 2.98. The maximum atomic E-state index is 13.6. The lowest BCUT2D eigenvalue weighted by Crippen LogP contribution is -2.17. The topological polar surface area (TPSA) is 52.0 Å². The molecule has 1 aromatic carbocycles. The molecule has 19 heavy (non-hydrogen) atoms. The molecular weight excluding hydrogens is 298 g/mol. The number of hydrogen-bond acceptors (Lipinski definition) is 3. The van der Waals surface area contributed by atoms with Crippen LogP contribution in [0.1, 0.15) is 11.4 Å². The van der Waals surface area contributed by atoms with Crippen LogP contribution in [0.2, 0.25) is 5.02 Å². The smallest absolute Gasteiger partial charge is 0.207 e. The van der Waals surface area contributed by atoms with Crippen molar-refractivity contribution in [2.75, 3.05) is 0 Å². The fourth-order valence-electron chi connectivity index (χ4n) is 1.61. The summed E-state index contributed by atoms with van der Waals surface area (Å²) in [4.78, 5) is -0.656. The minimum atomic E-state index is -4.24. The molecule has 1 heterocycles. The fourth-order valence-corrected chi connectivity index (χ4v) is 3.19. The van der Waals surface area contributed by atoms with E-state index in [9.17, 15) is 17.2 Å². The fraction of sp³-hybridized carbons (Fsp3) is 0.182. The van der Waals surface area contributed by atoms with Crippen LogP contribution in [0.5, 0.6) is 0 Å². The van der Waals surface area contributed by atoms with Gasteiger partial charge in [0.15, 0.2) is 0 Å². The highest BCUT2D eigenvalue weighted by atomic mass is 35.5. The van der Waals surface area contributed by atoms with Crippen LogP contribution in [0, 0.1) is 25.5 Å². The lowest BCUT2D eigenvalue weighted by atomic mass is 10.3. The molecule has 0 aliphatic rings. The van der Waals surface area contributed by atoms with Crippen LogP contribution < -0.4 is 0 Å². The minimum absolute atomic E-state index is 0.169. The molecular formula is C11H9ClF2N2O2S. The van der Waals surface area contributed by atoms with Crippen molar-refractivity contribution in [1.29, 1.82) is 0 Å². The predicted molar refractivity (Wildman–Crippen MR) is 65.7 cm³/mol. The Labute approximate surface area is 113 Å². The zero-order valence-electron chi connectivity index (χ0n) is 9.99. The highest BCUT2D eigenvalue weighted by molar-refractivity contribution is 7.89. The van der Waals surface area contributed by atoms with E-state index in [0.29, 0.717) is 15.8 Å². The molecule has 102 valence electrons. The Kier molecular flexibility index (Phi) is 3.36. The number of hydrogen-bond donors (Lipinski definition) is 0. The molecule has 2 aromatic rings. The first-order valence-electron chi connectivity index (χ1n) is 5.17. The largest absolute Gasteiger partial charge is 0.286 e. The van der Waals surface area contributed by atoms with Gasteiger partial charge in [-0.15, -0.1) is 0 Å². The monoisotopic (exact) mass is 306 g/mol. The van der Waals surface area contributed by atoms with Gasteiger partial charge in [0.05, 0.1) is 16.4 Å². The van der Waals surface area contributed by atoms with Gasteiger partial charge >= 0.3 is 0 Å². The van der Waals surface area contributed by atoms with Crippen LogP contribution in [0.4, 0.5) is 8.78 Å². The molecule has 0 aliphatic carbocycles. The maximum absolute atomic E-state index is 13.6. The Morgan fingerprint density at radius 3 is 2.37 bits per heavy atom. The van der Waals surface area contributed by atoms with Gasteiger partial charge in [-0.05, 0) is 26.0 Å². The Morgan fingerprint density at radius 1 is 1.26 bits per heavy atom. The van der Waals surface area contributed by atoms with Crippen LogP contribution in [-0.4, -0.2) is 17.6 Å². The van der Waals surface area contributed by atoms with Gasteiger partial charge in [0.2, 0.25) is 0 Å². The zero-order chi connectivity index (χ0) is 14.4. The predicted octanol–water partition coefficient (Wildman–Crippen LogP) is 2.67. The van der Waals surface area contributed by atoms with E-state index in [0.717, 1.165) is 12.1 Å². The van der Waals surface area contributed by atoms with Crippen molar-refractivity contribution < 1.29 is 17.2 Å². The molecule has 8 heteroatoms. The van der Waals surface area contributed by atoms with E-state index < -0.39 is 26.6 Å². The van der Waals surface area contributed by atoms with Gasteiger partial charge in [0.1, 0.15) is 16.5 Å². The second-order valence-corrected chi connectivity index (χ2v) is 6.02. The van der Waals surface area contributed by atoms with Crippen LogP contribution in [0.25, 0.3) is 0 Å². The van der Waals surface area contributed by atoms with Gasteiger partial charge in [0.25, 0.3) is 10.0 Å². The van der Waals surface area contributed by atoms with Gasteiger partial charge in [-0.1, -0.05) is 11.6 Å².